The minimum Gasteiger partial charge on any atom is -0.390 e. The average molecular weight is 158 g/mol. The van der Waals surface area contributed by atoms with Gasteiger partial charge in [0.2, 0.25) is 0 Å². The summed E-state index contributed by atoms with van der Waals surface area (Å²) >= 11 is 0. The molecule has 0 spiro atoms. The first-order valence-electron chi connectivity index (χ1n) is 4.64. The van der Waals surface area contributed by atoms with E-state index in [9.17, 15) is 5.11 Å². The van der Waals surface area contributed by atoms with Crippen LogP contribution in [-0.2, 0) is 0 Å². The highest BCUT2D eigenvalue weighted by Crippen LogP contribution is 2.28. The van der Waals surface area contributed by atoms with Gasteiger partial charge in [0.1, 0.15) is 0 Å². The van der Waals surface area contributed by atoms with Crippen LogP contribution in [0.1, 0.15) is 47.5 Å². The lowest BCUT2D eigenvalue weighted by atomic mass is 9.81. The van der Waals surface area contributed by atoms with Crippen LogP contribution in [0.5, 0.6) is 0 Å². The van der Waals surface area contributed by atoms with Gasteiger partial charge in [-0.2, -0.15) is 0 Å². The minimum atomic E-state index is -0.436. The van der Waals surface area contributed by atoms with Crippen LogP contribution >= 0.6 is 0 Å². The van der Waals surface area contributed by atoms with E-state index in [2.05, 4.69) is 34.6 Å². The SMILES string of the molecule is CCC(O)(CC(C)C)C(C)C. The van der Waals surface area contributed by atoms with E-state index >= 15 is 0 Å². The van der Waals surface area contributed by atoms with Crippen molar-refractivity contribution in [3.63, 3.8) is 0 Å². The third-order valence-electron chi connectivity index (χ3n) is 2.45. The zero-order chi connectivity index (χ0) is 9.07. The maximum absolute atomic E-state index is 10.1. The van der Waals surface area contributed by atoms with Crippen molar-refractivity contribution in [1.29, 1.82) is 0 Å². The van der Waals surface area contributed by atoms with Crippen LogP contribution in [-0.4, -0.2) is 10.7 Å². The van der Waals surface area contributed by atoms with Gasteiger partial charge in [0.05, 0.1) is 5.60 Å². The van der Waals surface area contributed by atoms with Gasteiger partial charge in [0.15, 0.2) is 0 Å². The van der Waals surface area contributed by atoms with Crippen molar-refractivity contribution in [3.05, 3.63) is 0 Å². The second-order valence-electron chi connectivity index (χ2n) is 4.21. The fraction of sp³-hybridized carbons (Fsp3) is 1.00. The molecular formula is C10H22O. The zero-order valence-electron chi connectivity index (χ0n) is 8.52. The van der Waals surface area contributed by atoms with Crippen LogP contribution in [0.25, 0.3) is 0 Å². The van der Waals surface area contributed by atoms with E-state index in [-0.39, 0.29) is 0 Å². The third kappa shape index (κ3) is 3.24. The van der Waals surface area contributed by atoms with Gasteiger partial charge in [0.25, 0.3) is 0 Å². The van der Waals surface area contributed by atoms with Crippen LogP contribution in [0.15, 0.2) is 0 Å². The monoisotopic (exact) mass is 158 g/mol. The van der Waals surface area contributed by atoms with E-state index in [0.717, 1.165) is 12.8 Å². The highest BCUT2D eigenvalue weighted by molar-refractivity contribution is 4.81. The quantitative estimate of drug-likeness (QED) is 0.667. The fourth-order valence-electron chi connectivity index (χ4n) is 1.50. The smallest absolute Gasteiger partial charge is 0.0670 e. The van der Waals surface area contributed by atoms with Gasteiger partial charge in [-0.05, 0) is 24.7 Å². The van der Waals surface area contributed by atoms with Gasteiger partial charge < -0.3 is 5.11 Å². The Morgan fingerprint density at radius 2 is 1.64 bits per heavy atom. The van der Waals surface area contributed by atoms with Crippen molar-refractivity contribution in [2.45, 2.75) is 53.1 Å². The van der Waals surface area contributed by atoms with E-state index in [4.69, 9.17) is 0 Å². The summed E-state index contributed by atoms with van der Waals surface area (Å²) in [6, 6.07) is 0. The van der Waals surface area contributed by atoms with E-state index in [1.54, 1.807) is 0 Å². The Labute approximate surface area is 70.8 Å². The summed E-state index contributed by atoms with van der Waals surface area (Å²) in [5.41, 5.74) is -0.436. The Morgan fingerprint density at radius 3 is 1.73 bits per heavy atom. The molecule has 0 aliphatic carbocycles. The van der Waals surface area contributed by atoms with Gasteiger partial charge in [-0.3, -0.25) is 0 Å². The van der Waals surface area contributed by atoms with Gasteiger partial charge in [-0.15, -0.1) is 0 Å². The zero-order valence-corrected chi connectivity index (χ0v) is 8.52. The molecule has 0 aliphatic rings. The lowest BCUT2D eigenvalue weighted by Gasteiger charge is -2.32. The molecule has 1 heteroatoms. The molecule has 0 saturated carbocycles. The van der Waals surface area contributed by atoms with Gasteiger partial charge in [0, 0.05) is 0 Å². The van der Waals surface area contributed by atoms with Crippen LogP contribution in [0.4, 0.5) is 0 Å². The summed E-state index contributed by atoms with van der Waals surface area (Å²) in [5, 5.41) is 10.1. The molecule has 1 unspecified atom stereocenters. The summed E-state index contributed by atoms with van der Waals surface area (Å²) in [6.07, 6.45) is 1.78. The largest absolute Gasteiger partial charge is 0.390 e. The number of rotatable bonds is 4. The maximum Gasteiger partial charge on any atom is 0.0670 e. The molecule has 1 atom stereocenters. The van der Waals surface area contributed by atoms with Crippen molar-refractivity contribution >= 4 is 0 Å². The summed E-state index contributed by atoms with van der Waals surface area (Å²) in [4.78, 5) is 0. The van der Waals surface area contributed by atoms with Gasteiger partial charge in [-0.25, -0.2) is 0 Å². The van der Waals surface area contributed by atoms with Crippen LogP contribution < -0.4 is 0 Å². The summed E-state index contributed by atoms with van der Waals surface area (Å²) in [7, 11) is 0. The molecule has 0 saturated heterocycles. The predicted octanol–water partition coefficient (Wildman–Crippen LogP) is 2.83. The van der Waals surface area contributed by atoms with E-state index < -0.39 is 5.60 Å². The van der Waals surface area contributed by atoms with Crippen molar-refractivity contribution in [3.8, 4) is 0 Å². The molecular weight excluding hydrogens is 136 g/mol. The first-order valence-corrected chi connectivity index (χ1v) is 4.64. The molecule has 0 aromatic rings. The standard InChI is InChI=1S/C10H22O/c1-6-10(11,9(4)5)7-8(2)3/h8-9,11H,6-7H2,1-5H3. The molecule has 0 aromatic carbocycles. The number of hydrogen-bond acceptors (Lipinski definition) is 1. The second-order valence-corrected chi connectivity index (χ2v) is 4.21. The van der Waals surface area contributed by atoms with Crippen molar-refractivity contribution < 1.29 is 5.11 Å². The molecule has 1 nitrogen and oxygen atoms in total. The number of hydrogen-bond donors (Lipinski definition) is 1. The first kappa shape index (κ1) is 11.0. The lowest BCUT2D eigenvalue weighted by molar-refractivity contribution is -0.0265. The van der Waals surface area contributed by atoms with Crippen LogP contribution in [0.2, 0.25) is 0 Å². The van der Waals surface area contributed by atoms with E-state index in [1.165, 1.54) is 0 Å². The molecule has 0 heterocycles. The Hall–Kier alpha value is -0.0400. The van der Waals surface area contributed by atoms with E-state index in [0.29, 0.717) is 11.8 Å². The normalized spacial score (nSPS) is 17.5. The molecule has 68 valence electrons. The summed E-state index contributed by atoms with van der Waals surface area (Å²) < 4.78 is 0. The molecule has 0 fully saturated rings. The van der Waals surface area contributed by atoms with Gasteiger partial charge >= 0.3 is 0 Å². The number of aliphatic hydroxyl groups is 1. The Morgan fingerprint density at radius 1 is 1.18 bits per heavy atom. The Balaban J connectivity index is 4.10. The highest BCUT2D eigenvalue weighted by atomic mass is 16.3. The maximum atomic E-state index is 10.1. The average Bonchev–Trinajstić information content (AvgIpc) is 1.86. The van der Waals surface area contributed by atoms with Crippen LogP contribution in [0, 0.1) is 11.8 Å². The van der Waals surface area contributed by atoms with Crippen molar-refractivity contribution in [1.82, 2.24) is 0 Å². The molecule has 0 rings (SSSR count). The summed E-state index contributed by atoms with van der Waals surface area (Å²) in [6.45, 7) is 10.5. The predicted molar refractivity (Wildman–Crippen MR) is 49.5 cm³/mol. The van der Waals surface area contributed by atoms with E-state index in [1.807, 2.05) is 0 Å². The molecule has 0 bridgehead atoms. The Bertz CT molecular complexity index is 107. The highest BCUT2D eigenvalue weighted by Gasteiger charge is 2.29. The lowest BCUT2D eigenvalue weighted by Crippen LogP contribution is -2.35. The molecule has 0 aromatic heterocycles. The molecule has 11 heavy (non-hydrogen) atoms. The van der Waals surface area contributed by atoms with Crippen molar-refractivity contribution in [2.75, 3.05) is 0 Å². The summed E-state index contributed by atoms with van der Waals surface area (Å²) in [5.74, 6) is 0.956. The molecule has 0 amide bonds. The first-order chi connectivity index (χ1) is 4.92. The van der Waals surface area contributed by atoms with Gasteiger partial charge in [-0.1, -0.05) is 34.6 Å². The molecule has 0 radical (unpaired) electrons. The third-order valence-corrected chi connectivity index (χ3v) is 2.45. The molecule has 1 N–H and O–H groups in total. The van der Waals surface area contributed by atoms with Crippen molar-refractivity contribution in [2.24, 2.45) is 11.8 Å². The molecule has 0 aliphatic heterocycles. The second kappa shape index (κ2) is 4.10. The minimum absolute atomic E-state index is 0.370. The topological polar surface area (TPSA) is 20.2 Å². The fourth-order valence-corrected chi connectivity index (χ4v) is 1.50. The Kier molecular flexibility index (Phi) is 4.09. The van der Waals surface area contributed by atoms with Crippen LogP contribution in [0.3, 0.4) is 0 Å².